The second-order valence-corrected chi connectivity index (χ2v) is 4.05. The molecule has 4 heteroatoms. The Kier molecular flexibility index (Phi) is 3.22. The first-order valence-electron chi connectivity index (χ1n) is 5.30. The van der Waals surface area contributed by atoms with Crippen LogP contribution in [0.25, 0.3) is 0 Å². The molecule has 1 unspecified atom stereocenters. The highest BCUT2D eigenvalue weighted by Crippen LogP contribution is 2.21. The molecule has 0 bridgehead atoms. The van der Waals surface area contributed by atoms with Gasteiger partial charge in [0.05, 0.1) is 18.3 Å². The summed E-state index contributed by atoms with van der Waals surface area (Å²) in [6, 6.07) is 6.89. The van der Waals surface area contributed by atoms with Crippen LogP contribution in [0.1, 0.15) is 22.0 Å². The molecular formula is C12H15NO3. The molecule has 0 saturated carbocycles. The predicted molar refractivity (Wildman–Crippen MR) is 59.6 cm³/mol. The molecule has 1 N–H and O–H groups in total. The van der Waals surface area contributed by atoms with E-state index in [-0.39, 0.29) is 6.10 Å². The summed E-state index contributed by atoms with van der Waals surface area (Å²) in [7, 11) is 2.06. The molecule has 0 amide bonds. The van der Waals surface area contributed by atoms with Crippen LogP contribution in [-0.2, 0) is 4.74 Å². The number of carboxylic acids is 1. The number of rotatable bonds is 2. The molecule has 0 radical (unpaired) electrons. The molecule has 1 aromatic rings. The predicted octanol–water partition coefficient (Wildman–Crippen LogP) is 1.39. The fourth-order valence-corrected chi connectivity index (χ4v) is 1.82. The van der Waals surface area contributed by atoms with E-state index in [0.717, 1.165) is 25.3 Å². The normalized spacial score (nSPS) is 21.9. The Morgan fingerprint density at radius 3 is 2.69 bits per heavy atom. The maximum atomic E-state index is 10.7. The van der Waals surface area contributed by atoms with Gasteiger partial charge in [0.25, 0.3) is 0 Å². The number of morpholine rings is 1. The van der Waals surface area contributed by atoms with Crippen LogP contribution in [0, 0.1) is 0 Å². The molecule has 1 heterocycles. The molecule has 1 aliphatic heterocycles. The zero-order valence-corrected chi connectivity index (χ0v) is 9.22. The van der Waals surface area contributed by atoms with Gasteiger partial charge in [-0.3, -0.25) is 0 Å². The van der Waals surface area contributed by atoms with E-state index in [1.165, 1.54) is 0 Å². The summed E-state index contributed by atoms with van der Waals surface area (Å²) in [6.07, 6.45) is 0.0570. The number of aromatic carboxylic acids is 1. The number of hydrogen-bond donors (Lipinski definition) is 1. The van der Waals surface area contributed by atoms with Crippen LogP contribution in [0.3, 0.4) is 0 Å². The van der Waals surface area contributed by atoms with E-state index in [1.54, 1.807) is 12.1 Å². The van der Waals surface area contributed by atoms with E-state index in [9.17, 15) is 4.79 Å². The zero-order valence-electron chi connectivity index (χ0n) is 9.22. The van der Waals surface area contributed by atoms with Crippen molar-refractivity contribution in [3.63, 3.8) is 0 Å². The van der Waals surface area contributed by atoms with Crippen LogP contribution >= 0.6 is 0 Å². The van der Waals surface area contributed by atoms with Gasteiger partial charge in [0, 0.05) is 13.1 Å². The third-order valence-electron chi connectivity index (χ3n) is 2.80. The van der Waals surface area contributed by atoms with Crippen molar-refractivity contribution in [2.75, 3.05) is 26.7 Å². The van der Waals surface area contributed by atoms with Crippen molar-refractivity contribution < 1.29 is 14.6 Å². The van der Waals surface area contributed by atoms with Gasteiger partial charge in [-0.25, -0.2) is 4.79 Å². The van der Waals surface area contributed by atoms with Crippen molar-refractivity contribution >= 4 is 5.97 Å². The Morgan fingerprint density at radius 1 is 1.44 bits per heavy atom. The molecule has 1 atom stereocenters. The Balaban J connectivity index is 2.11. The average molecular weight is 221 g/mol. The number of carboxylic acid groups (broad SMARTS) is 1. The van der Waals surface area contributed by atoms with E-state index in [0.29, 0.717) is 5.56 Å². The summed E-state index contributed by atoms with van der Waals surface area (Å²) in [5.74, 6) is -0.895. The first-order chi connectivity index (χ1) is 7.66. The molecule has 2 rings (SSSR count). The minimum absolute atomic E-state index is 0.0570. The SMILES string of the molecule is CN1CCOC(c2ccc(C(=O)O)cc2)C1. The molecular weight excluding hydrogens is 206 g/mol. The second-order valence-electron chi connectivity index (χ2n) is 4.05. The summed E-state index contributed by atoms with van der Waals surface area (Å²) in [5, 5.41) is 8.79. The summed E-state index contributed by atoms with van der Waals surface area (Å²) in [5.41, 5.74) is 1.35. The highest BCUT2D eigenvalue weighted by molar-refractivity contribution is 5.87. The van der Waals surface area contributed by atoms with E-state index in [1.807, 2.05) is 12.1 Å². The Labute approximate surface area is 94.4 Å². The van der Waals surface area contributed by atoms with E-state index in [2.05, 4.69) is 11.9 Å². The summed E-state index contributed by atoms with van der Waals surface area (Å²) < 4.78 is 5.65. The van der Waals surface area contributed by atoms with E-state index < -0.39 is 5.97 Å². The first-order valence-corrected chi connectivity index (χ1v) is 5.30. The maximum absolute atomic E-state index is 10.7. The van der Waals surface area contributed by atoms with Crippen LogP contribution in [-0.4, -0.2) is 42.7 Å². The van der Waals surface area contributed by atoms with Gasteiger partial charge in [0.15, 0.2) is 0 Å². The monoisotopic (exact) mass is 221 g/mol. The Morgan fingerprint density at radius 2 is 2.12 bits per heavy atom. The van der Waals surface area contributed by atoms with Crippen LogP contribution in [0.15, 0.2) is 24.3 Å². The van der Waals surface area contributed by atoms with Crippen LogP contribution in [0.4, 0.5) is 0 Å². The fourth-order valence-electron chi connectivity index (χ4n) is 1.82. The summed E-state index contributed by atoms with van der Waals surface area (Å²) >= 11 is 0. The highest BCUT2D eigenvalue weighted by atomic mass is 16.5. The van der Waals surface area contributed by atoms with Crippen molar-refractivity contribution in [3.8, 4) is 0 Å². The summed E-state index contributed by atoms with van der Waals surface area (Å²) in [4.78, 5) is 12.9. The highest BCUT2D eigenvalue weighted by Gasteiger charge is 2.19. The van der Waals surface area contributed by atoms with Crippen LogP contribution in [0.2, 0.25) is 0 Å². The number of ether oxygens (including phenoxy) is 1. The van der Waals surface area contributed by atoms with Gasteiger partial charge in [-0.1, -0.05) is 12.1 Å². The summed E-state index contributed by atoms with van der Waals surface area (Å²) in [6.45, 7) is 2.53. The van der Waals surface area contributed by atoms with Crippen molar-refractivity contribution in [1.29, 1.82) is 0 Å². The third kappa shape index (κ3) is 2.40. The van der Waals surface area contributed by atoms with E-state index >= 15 is 0 Å². The number of hydrogen-bond acceptors (Lipinski definition) is 3. The fraction of sp³-hybridized carbons (Fsp3) is 0.417. The van der Waals surface area contributed by atoms with Gasteiger partial charge in [-0.05, 0) is 24.7 Å². The molecule has 16 heavy (non-hydrogen) atoms. The Bertz CT molecular complexity index is 374. The molecule has 1 fully saturated rings. The lowest BCUT2D eigenvalue weighted by molar-refractivity contribution is -0.0209. The topological polar surface area (TPSA) is 49.8 Å². The number of carbonyl (C=O) groups is 1. The van der Waals surface area contributed by atoms with Gasteiger partial charge in [-0.2, -0.15) is 0 Å². The van der Waals surface area contributed by atoms with Gasteiger partial charge in [-0.15, -0.1) is 0 Å². The Hall–Kier alpha value is -1.39. The molecule has 4 nitrogen and oxygen atoms in total. The lowest BCUT2D eigenvalue weighted by Gasteiger charge is -2.30. The lowest BCUT2D eigenvalue weighted by Crippen LogP contribution is -2.35. The number of benzene rings is 1. The quantitative estimate of drug-likeness (QED) is 0.819. The van der Waals surface area contributed by atoms with Crippen molar-refractivity contribution in [3.05, 3.63) is 35.4 Å². The zero-order chi connectivity index (χ0) is 11.5. The largest absolute Gasteiger partial charge is 0.478 e. The maximum Gasteiger partial charge on any atom is 0.335 e. The van der Waals surface area contributed by atoms with Crippen LogP contribution < -0.4 is 0 Å². The second kappa shape index (κ2) is 4.63. The minimum Gasteiger partial charge on any atom is -0.478 e. The van der Waals surface area contributed by atoms with Crippen molar-refractivity contribution in [2.24, 2.45) is 0 Å². The van der Waals surface area contributed by atoms with Gasteiger partial charge >= 0.3 is 5.97 Å². The molecule has 1 aliphatic rings. The van der Waals surface area contributed by atoms with Gasteiger partial charge in [0.1, 0.15) is 0 Å². The first kappa shape index (κ1) is 11.1. The smallest absolute Gasteiger partial charge is 0.335 e. The van der Waals surface area contributed by atoms with Gasteiger partial charge in [0.2, 0.25) is 0 Å². The number of nitrogens with zero attached hydrogens (tertiary/aromatic N) is 1. The molecule has 0 aromatic heterocycles. The van der Waals surface area contributed by atoms with Crippen LogP contribution in [0.5, 0.6) is 0 Å². The molecule has 0 spiro atoms. The number of likely N-dealkylation sites (N-methyl/N-ethyl adjacent to an activating group) is 1. The van der Waals surface area contributed by atoms with Gasteiger partial charge < -0.3 is 14.7 Å². The van der Waals surface area contributed by atoms with Crippen molar-refractivity contribution in [1.82, 2.24) is 4.90 Å². The van der Waals surface area contributed by atoms with E-state index in [4.69, 9.17) is 9.84 Å². The standard InChI is InChI=1S/C12H15NO3/c1-13-6-7-16-11(8-13)9-2-4-10(5-3-9)12(14)15/h2-5,11H,6-8H2,1H3,(H,14,15). The molecule has 0 aliphatic carbocycles. The van der Waals surface area contributed by atoms with Crippen molar-refractivity contribution in [2.45, 2.75) is 6.10 Å². The molecule has 86 valence electrons. The lowest BCUT2D eigenvalue weighted by atomic mass is 10.1. The molecule has 1 aromatic carbocycles. The minimum atomic E-state index is -0.895. The molecule has 1 saturated heterocycles. The average Bonchev–Trinajstić information content (AvgIpc) is 2.29. The third-order valence-corrected chi connectivity index (χ3v) is 2.80.